The van der Waals surface area contributed by atoms with Crippen LogP contribution in [0.1, 0.15) is 5.56 Å². The van der Waals surface area contributed by atoms with E-state index >= 15 is 0 Å². The highest BCUT2D eigenvalue weighted by Gasteiger charge is 2.12. The molecule has 2 rings (SSSR count). The third kappa shape index (κ3) is 6.23. The fourth-order valence-electron chi connectivity index (χ4n) is 2.35. The number of sulfone groups is 1. The highest BCUT2D eigenvalue weighted by atomic mass is 35.5. The van der Waals surface area contributed by atoms with Crippen LogP contribution in [0.4, 0.5) is 0 Å². The Hall–Kier alpha value is -1.76. The maximum atomic E-state index is 12.1. The number of rotatable bonds is 9. The Kier molecular flexibility index (Phi) is 8.75. The monoisotopic (exact) mass is 385 g/mol. The van der Waals surface area contributed by atoms with E-state index in [2.05, 4.69) is 5.32 Å². The molecule has 0 atom stereocenters. The molecule has 0 spiro atoms. The number of benzene rings is 2. The molecule has 0 bridgehead atoms. The Morgan fingerprint density at radius 3 is 2.24 bits per heavy atom. The molecule has 0 saturated heterocycles. The highest BCUT2D eigenvalue weighted by Crippen LogP contribution is 2.27. The zero-order valence-corrected chi connectivity index (χ0v) is 16.0. The van der Waals surface area contributed by atoms with E-state index in [9.17, 15) is 8.42 Å². The number of ether oxygens (including phenoxy) is 2. The van der Waals surface area contributed by atoms with E-state index in [1.54, 1.807) is 44.6 Å². The van der Waals surface area contributed by atoms with E-state index < -0.39 is 9.84 Å². The molecule has 138 valence electrons. The lowest BCUT2D eigenvalue weighted by Crippen LogP contribution is -2.25. The number of nitrogens with one attached hydrogen (secondary N) is 1. The molecule has 0 aliphatic heterocycles. The fraction of sp³-hybridized carbons (Fsp3) is 0.333. The summed E-state index contributed by atoms with van der Waals surface area (Å²) in [6, 6.07) is 14.3. The van der Waals surface area contributed by atoms with Crippen molar-refractivity contribution in [3.63, 3.8) is 0 Å². The van der Waals surface area contributed by atoms with Crippen LogP contribution in [0.3, 0.4) is 0 Å². The summed E-state index contributed by atoms with van der Waals surface area (Å²) < 4.78 is 34.8. The number of hydrogen-bond donors (Lipinski definition) is 1. The molecule has 0 unspecified atom stereocenters. The van der Waals surface area contributed by atoms with E-state index in [1.165, 1.54) is 0 Å². The van der Waals surface area contributed by atoms with Crippen molar-refractivity contribution in [3.05, 3.63) is 54.1 Å². The summed E-state index contributed by atoms with van der Waals surface area (Å²) >= 11 is 0. The molecule has 0 fully saturated rings. The van der Waals surface area contributed by atoms with Crippen molar-refractivity contribution in [1.82, 2.24) is 5.32 Å². The summed E-state index contributed by atoms with van der Waals surface area (Å²) in [5, 5.41) is 3.17. The second kappa shape index (κ2) is 10.3. The van der Waals surface area contributed by atoms with Crippen LogP contribution in [0.25, 0.3) is 0 Å². The van der Waals surface area contributed by atoms with Crippen LogP contribution < -0.4 is 14.8 Å². The highest BCUT2D eigenvalue weighted by molar-refractivity contribution is 7.91. The van der Waals surface area contributed by atoms with Gasteiger partial charge in [-0.3, -0.25) is 0 Å². The molecule has 0 radical (unpaired) electrons. The fourth-order valence-corrected chi connectivity index (χ4v) is 3.57. The molecule has 25 heavy (non-hydrogen) atoms. The Balaban J connectivity index is 0.00000312. The van der Waals surface area contributed by atoms with Gasteiger partial charge in [-0.15, -0.1) is 12.4 Å². The second-order valence-corrected chi connectivity index (χ2v) is 7.43. The van der Waals surface area contributed by atoms with Crippen LogP contribution in [0.15, 0.2) is 53.4 Å². The number of hydrogen-bond acceptors (Lipinski definition) is 5. The predicted octanol–water partition coefficient (Wildman–Crippen LogP) is 2.73. The quantitative estimate of drug-likeness (QED) is 0.672. The van der Waals surface area contributed by atoms with E-state index in [0.29, 0.717) is 29.5 Å². The Morgan fingerprint density at radius 1 is 0.920 bits per heavy atom. The summed E-state index contributed by atoms with van der Waals surface area (Å²) in [5.74, 6) is 1.48. The van der Waals surface area contributed by atoms with E-state index in [1.807, 2.05) is 18.2 Å². The first-order valence-corrected chi connectivity index (χ1v) is 9.41. The van der Waals surface area contributed by atoms with Crippen molar-refractivity contribution in [2.75, 3.05) is 33.1 Å². The SMILES string of the molecule is COc1ccc(CCNCCS(=O)(=O)c2ccccc2)cc1OC.Cl. The summed E-state index contributed by atoms with van der Waals surface area (Å²) in [4.78, 5) is 0.367. The molecule has 2 aromatic rings. The summed E-state index contributed by atoms with van der Waals surface area (Å²) in [7, 11) is -0.0152. The normalized spacial score (nSPS) is 10.8. The van der Waals surface area contributed by atoms with Crippen molar-refractivity contribution in [3.8, 4) is 11.5 Å². The first-order valence-electron chi connectivity index (χ1n) is 7.76. The van der Waals surface area contributed by atoms with Gasteiger partial charge in [-0.2, -0.15) is 0 Å². The second-order valence-electron chi connectivity index (χ2n) is 5.32. The van der Waals surface area contributed by atoms with Crippen LogP contribution in [0, 0.1) is 0 Å². The molecule has 1 N–H and O–H groups in total. The molecule has 0 aliphatic rings. The third-order valence-corrected chi connectivity index (χ3v) is 5.42. The van der Waals surface area contributed by atoms with Gasteiger partial charge < -0.3 is 14.8 Å². The Labute approximate surface area is 155 Å². The Bertz CT molecular complexity index is 751. The Morgan fingerprint density at radius 2 is 1.60 bits per heavy atom. The molecule has 0 aliphatic carbocycles. The number of halogens is 1. The van der Waals surface area contributed by atoms with Gasteiger partial charge in [0.15, 0.2) is 21.3 Å². The molecule has 5 nitrogen and oxygen atoms in total. The maximum Gasteiger partial charge on any atom is 0.179 e. The first-order chi connectivity index (χ1) is 11.6. The summed E-state index contributed by atoms with van der Waals surface area (Å²) in [5.41, 5.74) is 1.10. The van der Waals surface area contributed by atoms with Gasteiger partial charge in [0.25, 0.3) is 0 Å². The van der Waals surface area contributed by atoms with E-state index in [-0.39, 0.29) is 18.2 Å². The smallest absolute Gasteiger partial charge is 0.179 e. The molecule has 2 aromatic carbocycles. The molecule has 0 heterocycles. The standard InChI is InChI=1S/C18H23NO4S.ClH/c1-22-17-9-8-15(14-18(17)23-2)10-11-19-12-13-24(20,21)16-6-4-3-5-7-16;/h3-9,14,19H,10-13H2,1-2H3;1H. The van der Waals surface area contributed by atoms with Gasteiger partial charge in [-0.25, -0.2) is 8.42 Å². The third-order valence-electron chi connectivity index (χ3n) is 3.69. The molecular weight excluding hydrogens is 362 g/mol. The van der Waals surface area contributed by atoms with Crippen molar-refractivity contribution >= 4 is 22.2 Å². The van der Waals surface area contributed by atoms with Crippen LogP contribution in [-0.4, -0.2) is 41.5 Å². The van der Waals surface area contributed by atoms with Crippen LogP contribution in [-0.2, 0) is 16.3 Å². The summed E-state index contributed by atoms with van der Waals surface area (Å²) in [6.45, 7) is 1.12. The average Bonchev–Trinajstić information content (AvgIpc) is 2.62. The van der Waals surface area contributed by atoms with E-state index in [4.69, 9.17) is 9.47 Å². The topological polar surface area (TPSA) is 64.6 Å². The molecule has 0 amide bonds. The zero-order chi connectivity index (χ0) is 17.4. The molecule has 0 aromatic heterocycles. The minimum Gasteiger partial charge on any atom is -0.493 e. The minimum absolute atomic E-state index is 0. The van der Waals surface area contributed by atoms with Crippen LogP contribution in [0.5, 0.6) is 11.5 Å². The van der Waals surface area contributed by atoms with Crippen molar-refractivity contribution in [2.45, 2.75) is 11.3 Å². The minimum atomic E-state index is -3.22. The van der Waals surface area contributed by atoms with Gasteiger partial charge in [-0.1, -0.05) is 24.3 Å². The first kappa shape index (κ1) is 21.3. The summed E-state index contributed by atoms with van der Waals surface area (Å²) in [6.07, 6.45) is 0.783. The van der Waals surface area contributed by atoms with Gasteiger partial charge in [-0.05, 0) is 42.8 Å². The largest absolute Gasteiger partial charge is 0.493 e. The predicted molar refractivity (Wildman–Crippen MR) is 102 cm³/mol. The van der Waals surface area contributed by atoms with Gasteiger partial charge in [0.2, 0.25) is 0 Å². The van der Waals surface area contributed by atoms with E-state index in [0.717, 1.165) is 12.0 Å². The van der Waals surface area contributed by atoms with Crippen LogP contribution >= 0.6 is 12.4 Å². The molecule has 0 saturated carbocycles. The lowest BCUT2D eigenvalue weighted by Gasteiger charge is -2.10. The molecular formula is C18H24ClNO4S. The lowest BCUT2D eigenvalue weighted by molar-refractivity contribution is 0.354. The zero-order valence-electron chi connectivity index (χ0n) is 14.4. The van der Waals surface area contributed by atoms with Gasteiger partial charge >= 0.3 is 0 Å². The molecule has 7 heteroatoms. The van der Waals surface area contributed by atoms with Crippen molar-refractivity contribution in [2.24, 2.45) is 0 Å². The average molecular weight is 386 g/mol. The van der Waals surface area contributed by atoms with Gasteiger partial charge in [0.1, 0.15) is 0 Å². The van der Waals surface area contributed by atoms with Gasteiger partial charge in [0.05, 0.1) is 24.9 Å². The lowest BCUT2D eigenvalue weighted by atomic mass is 10.1. The van der Waals surface area contributed by atoms with Crippen molar-refractivity contribution in [1.29, 1.82) is 0 Å². The van der Waals surface area contributed by atoms with Gasteiger partial charge in [0, 0.05) is 6.54 Å². The van der Waals surface area contributed by atoms with Crippen LogP contribution in [0.2, 0.25) is 0 Å². The van der Waals surface area contributed by atoms with Crippen molar-refractivity contribution < 1.29 is 17.9 Å². The number of methoxy groups -OCH3 is 2. The maximum absolute atomic E-state index is 12.1.